The van der Waals surface area contributed by atoms with E-state index in [1.807, 2.05) is 0 Å². The van der Waals surface area contributed by atoms with Crippen LogP contribution in [0.25, 0.3) is 0 Å². The van der Waals surface area contributed by atoms with Crippen LogP contribution in [0.1, 0.15) is 0 Å². The van der Waals surface area contributed by atoms with Crippen LogP contribution in [0.2, 0.25) is 0 Å². The Kier molecular flexibility index (Phi) is 6.46. The highest BCUT2D eigenvalue weighted by Gasteiger charge is 2.13. The SMILES string of the molecule is CN(C)S(=O)(=O)CCNC(=O)NOCC(=O)O. The Morgan fingerprint density at radius 1 is 1.35 bits per heavy atom. The zero-order chi connectivity index (χ0) is 13.5. The van der Waals surface area contributed by atoms with Crippen molar-refractivity contribution >= 4 is 22.0 Å². The van der Waals surface area contributed by atoms with Crippen molar-refractivity contribution in [1.82, 2.24) is 15.1 Å². The number of carbonyl (C=O) groups is 2. The molecule has 0 aromatic heterocycles. The Balaban J connectivity index is 3.76. The Morgan fingerprint density at radius 3 is 2.41 bits per heavy atom. The Morgan fingerprint density at radius 2 is 1.94 bits per heavy atom. The summed E-state index contributed by atoms with van der Waals surface area (Å²) in [6.45, 7) is -0.786. The number of sulfonamides is 1. The van der Waals surface area contributed by atoms with Gasteiger partial charge in [-0.2, -0.15) is 0 Å². The van der Waals surface area contributed by atoms with E-state index < -0.39 is 28.6 Å². The molecule has 2 amide bonds. The van der Waals surface area contributed by atoms with Crippen molar-refractivity contribution in [3.8, 4) is 0 Å². The van der Waals surface area contributed by atoms with Gasteiger partial charge in [-0.3, -0.25) is 4.84 Å². The monoisotopic (exact) mass is 269 g/mol. The molecule has 0 fully saturated rings. The summed E-state index contributed by atoms with van der Waals surface area (Å²) in [5, 5.41) is 10.4. The smallest absolute Gasteiger partial charge is 0.338 e. The third kappa shape index (κ3) is 7.49. The molecule has 0 saturated carbocycles. The van der Waals surface area contributed by atoms with Crippen LogP contribution in [0.4, 0.5) is 4.79 Å². The molecule has 0 aliphatic carbocycles. The van der Waals surface area contributed by atoms with Gasteiger partial charge in [0.2, 0.25) is 10.0 Å². The molecule has 0 aromatic rings. The summed E-state index contributed by atoms with van der Waals surface area (Å²) < 4.78 is 23.6. The molecule has 17 heavy (non-hydrogen) atoms. The summed E-state index contributed by atoms with van der Waals surface area (Å²) in [6.07, 6.45) is 0. The van der Waals surface area contributed by atoms with Crippen LogP contribution >= 0.6 is 0 Å². The second-order valence-electron chi connectivity index (χ2n) is 3.14. The predicted octanol–water partition coefficient (Wildman–Crippen LogP) is -1.81. The highest BCUT2D eigenvalue weighted by atomic mass is 32.2. The molecule has 0 heterocycles. The maximum absolute atomic E-state index is 11.3. The maximum Gasteiger partial charge on any atom is 0.338 e. The Labute approximate surface area is 98.7 Å². The van der Waals surface area contributed by atoms with E-state index in [-0.39, 0.29) is 12.3 Å². The lowest BCUT2D eigenvalue weighted by Gasteiger charge is -2.11. The van der Waals surface area contributed by atoms with Crippen LogP contribution in [0.3, 0.4) is 0 Å². The Hall–Kier alpha value is -1.39. The number of carboxylic acids is 1. The zero-order valence-corrected chi connectivity index (χ0v) is 10.3. The van der Waals surface area contributed by atoms with Crippen molar-refractivity contribution in [2.75, 3.05) is 33.0 Å². The molecule has 9 nitrogen and oxygen atoms in total. The number of nitrogens with zero attached hydrogens (tertiary/aromatic N) is 1. The van der Waals surface area contributed by atoms with Gasteiger partial charge in [0.15, 0.2) is 6.61 Å². The second kappa shape index (κ2) is 7.04. The summed E-state index contributed by atoms with van der Waals surface area (Å²) >= 11 is 0. The molecule has 100 valence electrons. The minimum Gasteiger partial charge on any atom is -0.479 e. The van der Waals surface area contributed by atoms with Gasteiger partial charge in [0.25, 0.3) is 0 Å². The van der Waals surface area contributed by atoms with Gasteiger partial charge in [-0.25, -0.2) is 27.8 Å². The zero-order valence-electron chi connectivity index (χ0n) is 9.47. The second-order valence-corrected chi connectivity index (χ2v) is 5.44. The lowest BCUT2D eigenvalue weighted by Crippen LogP contribution is -2.40. The van der Waals surface area contributed by atoms with Crippen LogP contribution in [0.5, 0.6) is 0 Å². The quantitative estimate of drug-likeness (QED) is 0.468. The number of amides is 2. The van der Waals surface area contributed by atoms with Gasteiger partial charge in [-0.1, -0.05) is 0 Å². The number of hydrogen-bond donors (Lipinski definition) is 3. The first-order valence-electron chi connectivity index (χ1n) is 4.53. The van der Waals surface area contributed by atoms with Gasteiger partial charge >= 0.3 is 12.0 Å². The topological polar surface area (TPSA) is 125 Å². The number of hydroxylamine groups is 1. The van der Waals surface area contributed by atoms with E-state index in [0.29, 0.717) is 0 Å². The fourth-order valence-corrected chi connectivity index (χ4v) is 1.40. The third-order valence-corrected chi connectivity index (χ3v) is 3.40. The number of carbonyl (C=O) groups excluding carboxylic acids is 1. The van der Waals surface area contributed by atoms with Gasteiger partial charge in [-0.15, -0.1) is 0 Å². The fraction of sp³-hybridized carbons (Fsp3) is 0.714. The number of rotatable bonds is 7. The first kappa shape index (κ1) is 15.6. The van der Waals surface area contributed by atoms with Crippen molar-refractivity contribution in [3.63, 3.8) is 0 Å². The van der Waals surface area contributed by atoms with Gasteiger partial charge in [0.1, 0.15) is 0 Å². The average molecular weight is 269 g/mol. The molecule has 0 aliphatic rings. The summed E-state index contributed by atoms with van der Waals surface area (Å²) in [6, 6.07) is -0.805. The van der Waals surface area contributed by atoms with E-state index in [2.05, 4.69) is 10.2 Å². The predicted molar refractivity (Wildman–Crippen MR) is 57.6 cm³/mol. The van der Waals surface area contributed by atoms with Gasteiger partial charge in [0.05, 0.1) is 5.75 Å². The van der Waals surface area contributed by atoms with Crippen molar-refractivity contribution in [3.05, 3.63) is 0 Å². The minimum atomic E-state index is -3.37. The standard InChI is InChI=1S/C7H15N3O6S/c1-10(2)17(14,15)4-3-8-7(13)9-16-5-6(11)12/h3-5H2,1-2H3,(H,11,12)(H2,8,9,13). The van der Waals surface area contributed by atoms with Crippen LogP contribution in [-0.2, 0) is 19.7 Å². The van der Waals surface area contributed by atoms with Crippen LogP contribution in [0.15, 0.2) is 0 Å². The van der Waals surface area contributed by atoms with E-state index >= 15 is 0 Å². The van der Waals surface area contributed by atoms with Crippen LogP contribution in [0, 0.1) is 0 Å². The van der Waals surface area contributed by atoms with Crippen LogP contribution in [-0.4, -0.2) is 62.8 Å². The molecular formula is C7H15N3O6S. The normalized spacial score (nSPS) is 11.2. The average Bonchev–Trinajstić information content (AvgIpc) is 2.16. The largest absolute Gasteiger partial charge is 0.479 e. The number of nitrogens with one attached hydrogen (secondary N) is 2. The first-order valence-corrected chi connectivity index (χ1v) is 6.14. The van der Waals surface area contributed by atoms with Gasteiger partial charge in [0, 0.05) is 20.6 Å². The molecular weight excluding hydrogens is 254 g/mol. The highest BCUT2D eigenvalue weighted by Crippen LogP contribution is 1.91. The first-order chi connectivity index (χ1) is 7.75. The van der Waals surface area contributed by atoms with E-state index in [9.17, 15) is 18.0 Å². The fourth-order valence-electron chi connectivity index (χ4n) is 0.676. The Bertz CT molecular complexity index is 366. The van der Waals surface area contributed by atoms with Crippen molar-refractivity contribution in [2.45, 2.75) is 0 Å². The molecule has 0 aromatic carbocycles. The van der Waals surface area contributed by atoms with Crippen molar-refractivity contribution in [1.29, 1.82) is 0 Å². The third-order valence-electron chi connectivity index (χ3n) is 1.56. The molecule has 0 bridgehead atoms. The van der Waals surface area contributed by atoms with Gasteiger partial charge < -0.3 is 10.4 Å². The lowest BCUT2D eigenvalue weighted by molar-refractivity contribution is -0.144. The van der Waals surface area contributed by atoms with E-state index in [1.54, 1.807) is 5.48 Å². The highest BCUT2D eigenvalue weighted by molar-refractivity contribution is 7.89. The molecule has 0 radical (unpaired) electrons. The molecule has 0 saturated heterocycles. The molecule has 3 N–H and O–H groups in total. The van der Waals surface area contributed by atoms with Crippen molar-refractivity contribution in [2.24, 2.45) is 0 Å². The molecule has 0 aliphatic heterocycles. The molecule has 0 atom stereocenters. The minimum absolute atomic E-state index is 0.108. The summed E-state index contributed by atoms with van der Waals surface area (Å²) in [7, 11) is -0.611. The number of hydrogen-bond acceptors (Lipinski definition) is 5. The van der Waals surface area contributed by atoms with E-state index in [1.165, 1.54) is 14.1 Å². The molecule has 0 spiro atoms. The van der Waals surface area contributed by atoms with E-state index in [4.69, 9.17) is 5.11 Å². The molecule has 0 rings (SSSR count). The van der Waals surface area contributed by atoms with E-state index in [0.717, 1.165) is 4.31 Å². The lowest BCUT2D eigenvalue weighted by atomic mass is 10.7. The summed E-state index contributed by atoms with van der Waals surface area (Å²) in [5.41, 5.74) is 1.79. The summed E-state index contributed by atoms with van der Waals surface area (Å²) in [5.74, 6) is -1.49. The molecule has 10 heteroatoms. The van der Waals surface area contributed by atoms with Crippen LogP contribution < -0.4 is 10.8 Å². The van der Waals surface area contributed by atoms with Crippen molar-refractivity contribution < 1.29 is 28.0 Å². The number of urea groups is 1. The molecule has 0 unspecified atom stereocenters. The number of carboxylic acid groups (broad SMARTS) is 1. The number of aliphatic carboxylic acids is 1. The maximum atomic E-state index is 11.3. The van der Waals surface area contributed by atoms with Gasteiger partial charge in [-0.05, 0) is 0 Å². The summed E-state index contributed by atoms with van der Waals surface area (Å²) in [4.78, 5) is 25.2.